The predicted molar refractivity (Wildman–Crippen MR) is 58.3 cm³/mol. The monoisotopic (exact) mass is 227 g/mol. The zero-order valence-electron chi connectivity index (χ0n) is 9.60. The van der Waals surface area contributed by atoms with Crippen molar-refractivity contribution in [3.05, 3.63) is 0 Å². The summed E-state index contributed by atoms with van der Waals surface area (Å²) >= 11 is 0. The van der Waals surface area contributed by atoms with Crippen LogP contribution in [0.4, 0.5) is 0 Å². The molecule has 1 rings (SSSR count). The van der Waals surface area contributed by atoms with Gasteiger partial charge in [0.1, 0.15) is 6.10 Å². The number of carboxylic acids is 1. The van der Waals surface area contributed by atoms with Crippen LogP contribution in [0.5, 0.6) is 0 Å². The number of hydrogen-bond acceptors (Lipinski definition) is 4. The van der Waals surface area contributed by atoms with E-state index in [9.17, 15) is 9.59 Å². The number of aliphatic carboxylic acids is 1. The van der Waals surface area contributed by atoms with Crippen LogP contribution in [0, 0.1) is 5.92 Å². The Balaban J connectivity index is 2.50. The first kappa shape index (κ1) is 12.7. The van der Waals surface area contributed by atoms with Crippen molar-refractivity contribution in [2.45, 2.75) is 45.6 Å². The van der Waals surface area contributed by atoms with Gasteiger partial charge in [0.05, 0.1) is 0 Å². The van der Waals surface area contributed by atoms with Gasteiger partial charge in [0, 0.05) is 6.92 Å². The molecule has 1 aliphatic rings. The second-order valence-corrected chi connectivity index (χ2v) is 4.29. The fourth-order valence-corrected chi connectivity index (χ4v) is 1.72. The molecule has 90 valence electrons. The lowest BCUT2D eigenvalue weighted by atomic mass is 9.89. The number of oxime groups is 1. The minimum Gasteiger partial charge on any atom is -0.476 e. The average molecular weight is 227 g/mol. The number of carbonyl (C=O) groups is 2. The Hall–Kier alpha value is -1.39. The van der Waals surface area contributed by atoms with E-state index in [1.807, 2.05) is 0 Å². The molecule has 0 spiro atoms. The highest BCUT2D eigenvalue weighted by atomic mass is 16.6. The Kier molecular flexibility index (Phi) is 4.46. The van der Waals surface area contributed by atoms with E-state index in [4.69, 9.17) is 9.94 Å². The Morgan fingerprint density at radius 2 is 1.81 bits per heavy atom. The molecule has 0 saturated heterocycles. The van der Waals surface area contributed by atoms with Crippen LogP contribution in [0.3, 0.4) is 0 Å². The fraction of sp³-hybridized carbons (Fsp3) is 0.727. The molecule has 0 radical (unpaired) electrons. The summed E-state index contributed by atoms with van der Waals surface area (Å²) in [5.74, 6) is -1.23. The van der Waals surface area contributed by atoms with Crippen LogP contribution in [0.25, 0.3) is 0 Å². The first-order valence-corrected chi connectivity index (χ1v) is 5.48. The van der Waals surface area contributed by atoms with Crippen molar-refractivity contribution in [3.8, 4) is 0 Å². The SMILES string of the molecule is CC(=O)/C(=N/OC1CCC(C)CC1)C(=O)O. The van der Waals surface area contributed by atoms with Crippen molar-refractivity contribution < 1.29 is 19.5 Å². The van der Waals surface area contributed by atoms with Crippen molar-refractivity contribution in [1.29, 1.82) is 0 Å². The van der Waals surface area contributed by atoms with E-state index in [1.165, 1.54) is 6.92 Å². The molecule has 5 nitrogen and oxygen atoms in total. The maximum Gasteiger partial charge on any atom is 0.361 e. The molecule has 0 amide bonds. The molecule has 0 aliphatic heterocycles. The minimum absolute atomic E-state index is 0.0510. The van der Waals surface area contributed by atoms with Gasteiger partial charge in [-0.15, -0.1) is 0 Å². The summed E-state index contributed by atoms with van der Waals surface area (Å²) in [4.78, 5) is 26.7. The van der Waals surface area contributed by atoms with Gasteiger partial charge >= 0.3 is 5.97 Å². The normalized spacial score (nSPS) is 26.2. The van der Waals surface area contributed by atoms with Gasteiger partial charge in [0.2, 0.25) is 5.71 Å². The summed E-state index contributed by atoms with van der Waals surface area (Å²) in [6.45, 7) is 3.34. The van der Waals surface area contributed by atoms with E-state index in [1.54, 1.807) is 0 Å². The maximum absolute atomic E-state index is 10.9. The highest BCUT2D eigenvalue weighted by Crippen LogP contribution is 2.25. The van der Waals surface area contributed by atoms with Gasteiger partial charge in [-0.25, -0.2) is 4.79 Å². The lowest BCUT2D eigenvalue weighted by Gasteiger charge is -2.24. The topological polar surface area (TPSA) is 76.0 Å². The predicted octanol–water partition coefficient (Wildman–Crippen LogP) is 1.61. The van der Waals surface area contributed by atoms with Gasteiger partial charge in [0.25, 0.3) is 0 Å². The Labute approximate surface area is 94.5 Å². The zero-order valence-corrected chi connectivity index (χ0v) is 9.60. The average Bonchev–Trinajstić information content (AvgIpc) is 2.20. The molecule has 0 bridgehead atoms. The largest absolute Gasteiger partial charge is 0.476 e. The third kappa shape index (κ3) is 3.64. The fourth-order valence-electron chi connectivity index (χ4n) is 1.72. The molecular formula is C11H17NO4. The number of carbonyl (C=O) groups excluding carboxylic acids is 1. The molecule has 1 fully saturated rings. The molecule has 0 unspecified atom stereocenters. The third-order valence-corrected chi connectivity index (χ3v) is 2.79. The van der Waals surface area contributed by atoms with Crippen molar-refractivity contribution in [2.24, 2.45) is 11.1 Å². The molecule has 0 atom stereocenters. The van der Waals surface area contributed by atoms with Gasteiger partial charge in [-0.3, -0.25) is 4.79 Å². The van der Waals surface area contributed by atoms with Crippen molar-refractivity contribution >= 4 is 17.5 Å². The summed E-state index contributed by atoms with van der Waals surface area (Å²) in [6, 6.07) is 0. The van der Waals surface area contributed by atoms with Crippen LogP contribution >= 0.6 is 0 Å². The molecule has 0 aromatic heterocycles. The van der Waals surface area contributed by atoms with Crippen molar-refractivity contribution in [2.75, 3.05) is 0 Å². The Morgan fingerprint density at radius 1 is 1.25 bits per heavy atom. The van der Waals surface area contributed by atoms with Gasteiger partial charge in [0.15, 0.2) is 5.78 Å². The number of hydrogen-bond donors (Lipinski definition) is 1. The lowest BCUT2D eigenvalue weighted by Crippen LogP contribution is -2.24. The first-order chi connectivity index (χ1) is 7.50. The van der Waals surface area contributed by atoms with Crippen LogP contribution in [0.2, 0.25) is 0 Å². The lowest BCUT2D eigenvalue weighted by molar-refractivity contribution is -0.130. The summed E-state index contributed by atoms with van der Waals surface area (Å²) in [5, 5.41) is 12.1. The highest BCUT2D eigenvalue weighted by Gasteiger charge is 2.21. The van der Waals surface area contributed by atoms with Gasteiger partial charge < -0.3 is 9.94 Å². The third-order valence-electron chi connectivity index (χ3n) is 2.79. The van der Waals surface area contributed by atoms with Crippen LogP contribution < -0.4 is 0 Å². The molecule has 16 heavy (non-hydrogen) atoms. The van der Waals surface area contributed by atoms with Gasteiger partial charge in [-0.05, 0) is 31.6 Å². The van der Waals surface area contributed by atoms with Crippen molar-refractivity contribution in [1.82, 2.24) is 0 Å². The first-order valence-electron chi connectivity index (χ1n) is 5.48. The Bertz CT molecular complexity index is 287. The highest BCUT2D eigenvalue weighted by molar-refractivity contribution is 6.63. The number of ketones is 1. The maximum atomic E-state index is 10.9. The summed E-state index contributed by atoms with van der Waals surface area (Å²) in [6.07, 6.45) is 3.81. The second-order valence-electron chi connectivity index (χ2n) is 4.29. The minimum atomic E-state index is -1.34. The van der Waals surface area contributed by atoms with E-state index < -0.39 is 17.5 Å². The standard InChI is InChI=1S/C11H17NO4/c1-7-3-5-9(6-4-7)16-12-10(8(2)13)11(14)15/h7,9H,3-6H2,1-2H3,(H,14,15)/b12-10-. The quantitative estimate of drug-likeness (QED) is 0.449. The van der Waals surface area contributed by atoms with Crippen LogP contribution in [0.1, 0.15) is 39.5 Å². The number of Topliss-reactive ketones (excluding diaryl/α,β-unsaturated/α-hetero) is 1. The Morgan fingerprint density at radius 3 is 2.25 bits per heavy atom. The van der Waals surface area contributed by atoms with Gasteiger partial charge in [-0.1, -0.05) is 12.1 Å². The van der Waals surface area contributed by atoms with Crippen molar-refractivity contribution in [3.63, 3.8) is 0 Å². The van der Waals surface area contributed by atoms with E-state index in [0.29, 0.717) is 5.92 Å². The van der Waals surface area contributed by atoms with Crippen LogP contribution in [-0.4, -0.2) is 28.7 Å². The number of nitrogens with zero attached hydrogens (tertiary/aromatic N) is 1. The van der Waals surface area contributed by atoms with E-state index >= 15 is 0 Å². The van der Waals surface area contributed by atoms with Gasteiger partial charge in [-0.2, -0.15) is 0 Å². The molecular weight excluding hydrogens is 210 g/mol. The molecule has 0 heterocycles. The van der Waals surface area contributed by atoms with E-state index in [2.05, 4.69) is 12.1 Å². The molecule has 0 aromatic carbocycles. The molecule has 1 aliphatic carbocycles. The van der Waals surface area contributed by atoms with E-state index in [-0.39, 0.29) is 6.10 Å². The van der Waals surface area contributed by atoms with Crippen LogP contribution in [0.15, 0.2) is 5.16 Å². The number of rotatable bonds is 4. The summed E-state index contributed by atoms with van der Waals surface area (Å²) in [7, 11) is 0. The molecule has 0 aromatic rings. The zero-order chi connectivity index (χ0) is 12.1. The molecule has 1 saturated carbocycles. The second kappa shape index (κ2) is 5.63. The van der Waals surface area contributed by atoms with E-state index in [0.717, 1.165) is 25.7 Å². The molecule has 5 heteroatoms. The summed E-state index contributed by atoms with van der Waals surface area (Å²) in [5.41, 5.74) is -0.529. The smallest absolute Gasteiger partial charge is 0.361 e. The van der Waals surface area contributed by atoms with Crippen LogP contribution in [-0.2, 0) is 14.4 Å². The number of carboxylic acid groups (broad SMARTS) is 1. The summed E-state index contributed by atoms with van der Waals surface area (Å²) < 4.78 is 0. The molecule has 1 N–H and O–H groups in total.